The Balaban J connectivity index is 1.31. The molecule has 6 atom stereocenters. The Labute approximate surface area is 144 Å². The molecular formula is C21H27NO2. The molecule has 1 aromatic carbocycles. The van der Waals surface area contributed by atoms with Crippen LogP contribution in [0.4, 0.5) is 0 Å². The van der Waals surface area contributed by atoms with E-state index < -0.39 is 5.60 Å². The van der Waals surface area contributed by atoms with Crippen molar-refractivity contribution >= 4 is 5.91 Å². The topological polar surface area (TPSA) is 40.5 Å². The molecule has 1 amide bonds. The quantitative estimate of drug-likeness (QED) is 0.928. The molecule has 1 aliphatic heterocycles. The minimum Gasteiger partial charge on any atom is -0.390 e. The van der Waals surface area contributed by atoms with Crippen LogP contribution in [-0.4, -0.2) is 34.1 Å². The highest BCUT2D eigenvalue weighted by molar-refractivity contribution is 5.81. The van der Waals surface area contributed by atoms with Crippen LogP contribution < -0.4 is 0 Å². The average Bonchev–Trinajstić information content (AvgIpc) is 3.24. The van der Waals surface area contributed by atoms with Crippen LogP contribution >= 0.6 is 0 Å². The molecule has 24 heavy (non-hydrogen) atoms. The normalized spacial score (nSPS) is 43.6. The van der Waals surface area contributed by atoms with E-state index in [0.717, 1.165) is 38.6 Å². The van der Waals surface area contributed by atoms with Crippen molar-refractivity contribution in [2.24, 2.45) is 23.7 Å². The Kier molecular flexibility index (Phi) is 3.31. The minimum atomic E-state index is -0.393. The van der Waals surface area contributed by atoms with Crippen LogP contribution in [0.15, 0.2) is 30.3 Å². The number of hydrogen-bond acceptors (Lipinski definition) is 2. The Bertz CT molecular complexity index is 644. The summed E-state index contributed by atoms with van der Waals surface area (Å²) in [6.07, 6.45) is 7.25. The van der Waals surface area contributed by atoms with Crippen LogP contribution in [0.1, 0.15) is 44.1 Å². The van der Waals surface area contributed by atoms with Crippen LogP contribution in [0, 0.1) is 23.7 Å². The number of fused-ring (bicyclic) bond motifs is 1. The lowest BCUT2D eigenvalue weighted by atomic mass is 9.65. The summed E-state index contributed by atoms with van der Waals surface area (Å²) in [7, 11) is 0. The van der Waals surface area contributed by atoms with Gasteiger partial charge in [0.05, 0.1) is 5.60 Å². The van der Waals surface area contributed by atoms with E-state index in [9.17, 15) is 9.90 Å². The molecule has 1 saturated heterocycles. The van der Waals surface area contributed by atoms with Gasteiger partial charge >= 0.3 is 0 Å². The van der Waals surface area contributed by atoms with Crippen LogP contribution in [0.2, 0.25) is 0 Å². The first-order chi connectivity index (χ1) is 11.6. The molecule has 2 bridgehead atoms. The Morgan fingerprint density at radius 3 is 2.79 bits per heavy atom. The third kappa shape index (κ3) is 2.17. The summed E-state index contributed by atoms with van der Waals surface area (Å²) in [5, 5.41) is 10.9. The predicted molar refractivity (Wildman–Crippen MR) is 92.3 cm³/mol. The van der Waals surface area contributed by atoms with Gasteiger partial charge in [-0.2, -0.15) is 0 Å². The molecule has 4 aliphatic rings. The molecule has 3 saturated carbocycles. The SMILES string of the molecule is O=C1C(Cc2ccccc2)CCN1C1CC[C@]2(O)CC3CC2[C@H]1C3. The van der Waals surface area contributed by atoms with Crippen molar-refractivity contribution < 1.29 is 9.90 Å². The summed E-state index contributed by atoms with van der Waals surface area (Å²) in [5.74, 6) is 2.26. The van der Waals surface area contributed by atoms with Gasteiger partial charge < -0.3 is 10.0 Å². The van der Waals surface area contributed by atoms with Gasteiger partial charge in [0.25, 0.3) is 0 Å². The number of benzene rings is 1. The summed E-state index contributed by atoms with van der Waals surface area (Å²) >= 11 is 0. The Hall–Kier alpha value is -1.35. The van der Waals surface area contributed by atoms with Gasteiger partial charge in [0, 0.05) is 18.5 Å². The second kappa shape index (κ2) is 5.32. The average molecular weight is 325 g/mol. The van der Waals surface area contributed by atoms with Crippen molar-refractivity contribution in [2.75, 3.05) is 6.54 Å². The van der Waals surface area contributed by atoms with Gasteiger partial charge in [-0.15, -0.1) is 0 Å². The van der Waals surface area contributed by atoms with E-state index in [1.54, 1.807) is 0 Å². The minimum absolute atomic E-state index is 0.159. The van der Waals surface area contributed by atoms with Crippen LogP contribution in [0.25, 0.3) is 0 Å². The molecule has 1 heterocycles. The van der Waals surface area contributed by atoms with E-state index >= 15 is 0 Å². The summed E-state index contributed by atoms with van der Waals surface area (Å²) in [6, 6.07) is 10.8. The number of rotatable bonds is 3. The fourth-order valence-electron chi connectivity index (χ4n) is 6.51. The number of carbonyl (C=O) groups is 1. The van der Waals surface area contributed by atoms with Gasteiger partial charge in [-0.1, -0.05) is 30.3 Å². The maximum atomic E-state index is 13.0. The molecule has 3 heteroatoms. The van der Waals surface area contributed by atoms with Gasteiger partial charge in [0.2, 0.25) is 5.91 Å². The zero-order valence-corrected chi connectivity index (χ0v) is 14.2. The van der Waals surface area contributed by atoms with Gasteiger partial charge in [0.15, 0.2) is 0 Å². The largest absolute Gasteiger partial charge is 0.390 e. The van der Waals surface area contributed by atoms with Crippen molar-refractivity contribution in [3.05, 3.63) is 35.9 Å². The molecule has 128 valence electrons. The van der Waals surface area contributed by atoms with Gasteiger partial charge in [-0.3, -0.25) is 4.79 Å². The summed E-state index contributed by atoms with van der Waals surface area (Å²) in [4.78, 5) is 15.2. The van der Waals surface area contributed by atoms with Crippen molar-refractivity contribution in [3.8, 4) is 0 Å². The number of likely N-dealkylation sites (tertiary alicyclic amines) is 1. The smallest absolute Gasteiger partial charge is 0.226 e. The van der Waals surface area contributed by atoms with E-state index in [0.29, 0.717) is 29.7 Å². The maximum Gasteiger partial charge on any atom is 0.226 e. The van der Waals surface area contributed by atoms with Crippen molar-refractivity contribution in [3.63, 3.8) is 0 Å². The molecular weight excluding hydrogens is 298 g/mol. The van der Waals surface area contributed by atoms with Crippen molar-refractivity contribution in [1.82, 2.24) is 4.90 Å². The number of carbonyl (C=O) groups excluding carboxylic acids is 1. The van der Waals surface area contributed by atoms with Gasteiger partial charge in [-0.05, 0) is 68.3 Å². The van der Waals surface area contributed by atoms with E-state index in [2.05, 4.69) is 29.2 Å². The van der Waals surface area contributed by atoms with Gasteiger partial charge in [0.1, 0.15) is 0 Å². The molecule has 4 unspecified atom stereocenters. The second-order valence-electron chi connectivity index (χ2n) is 8.73. The first-order valence-electron chi connectivity index (χ1n) is 9.71. The third-order valence-corrected chi connectivity index (χ3v) is 7.49. The predicted octanol–water partition coefficient (Wildman–Crippen LogP) is 3.02. The summed E-state index contributed by atoms with van der Waals surface area (Å²) in [6.45, 7) is 0.924. The van der Waals surface area contributed by atoms with Gasteiger partial charge in [-0.25, -0.2) is 0 Å². The lowest BCUT2D eigenvalue weighted by Gasteiger charge is -2.49. The van der Waals surface area contributed by atoms with Crippen molar-refractivity contribution in [2.45, 2.75) is 56.6 Å². The lowest BCUT2D eigenvalue weighted by molar-refractivity contribution is -0.141. The van der Waals surface area contributed by atoms with Crippen LogP contribution in [0.3, 0.4) is 0 Å². The maximum absolute atomic E-state index is 13.0. The standard InChI is InChI=1S/C21H27NO2/c23-20-16(10-14-4-2-1-3-5-14)7-9-22(20)19-6-8-21(24)13-15-11-17(19)18(21)12-15/h1-5,15-19,24H,6-13H2/t15?,16?,17-,18?,19?,21+/m1/s1. The molecule has 0 aromatic heterocycles. The Morgan fingerprint density at radius 2 is 2.00 bits per heavy atom. The number of hydrogen-bond donors (Lipinski definition) is 1. The Morgan fingerprint density at radius 1 is 1.17 bits per heavy atom. The van der Waals surface area contributed by atoms with Crippen LogP contribution in [0.5, 0.6) is 0 Å². The first-order valence-corrected chi connectivity index (χ1v) is 9.71. The second-order valence-corrected chi connectivity index (χ2v) is 8.73. The molecule has 3 aliphatic carbocycles. The fourth-order valence-corrected chi connectivity index (χ4v) is 6.51. The molecule has 0 spiro atoms. The molecule has 1 aromatic rings. The van der Waals surface area contributed by atoms with E-state index in [1.165, 1.54) is 18.4 Å². The zero-order chi connectivity index (χ0) is 16.3. The first kappa shape index (κ1) is 14.9. The third-order valence-electron chi connectivity index (χ3n) is 7.49. The highest BCUT2D eigenvalue weighted by Crippen LogP contribution is 2.60. The lowest BCUT2D eigenvalue weighted by Crippen LogP contribution is -2.54. The highest BCUT2D eigenvalue weighted by Gasteiger charge is 2.60. The summed E-state index contributed by atoms with van der Waals surface area (Å²) < 4.78 is 0. The zero-order valence-electron chi connectivity index (χ0n) is 14.2. The molecule has 5 rings (SSSR count). The summed E-state index contributed by atoms with van der Waals surface area (Å²) in [5.41, 5.74) is 0.881. The molecule has 0 radical (unpaired) electrons. The van der Waals surface area contributed by atoms with E-state index in [1.807, 2.05) is 6.07 Å². The molecule has 3 nitrogen and oxygen atoms in total. The monoisotopic (exact) mass is 325 g/mol. The number of amides is 1. The fraction of sp³-hybridized carbons (Fsp3) is 0.667. The van der Waals surface area contributed by atoms with E-state index in [-0.39, 0.29) is 5.92 Å². The number of aliphatic hydroxyl groups is 1. The van der Waals surface area contributed by atoms with Crippen molar-refractivity contribution in [1.29, 1.82) is 0 Å². The highest BCUT2D eigenvalue weighted by atomic mass is 16.3. The van der Waals surface area contributed by atoms with E-state index in [4.69, 9.17) is 0 Å². The molecule has 4 fully saturated rings. The molecule has 1 N–H and O–H groups in total. The number of nitrogens with zero attached hydrogens (tertiary/aromatic N) is 1. The van der Waals surface area contributed by atoms with Crippen LogP contribution in [-0.2, 0) is 11.2 Å².